The fraction of sp³-hybridized carbons (Fsp3) is 0.316. The molecule has 0 fully saturated rings. The van der Waals surface area contributed by atoms with Crippen molar-refractivity contribution in [3.05, 3.63) is 53.4 Å². The molecule has 0 saturated heterocycles. The van der Waals surface area contributed by atoms with Crippen LogP contribution in [0.1, 0.15) is 26.0 Å². The van der Waals surface area contributed by atoms with Gasteiger partial charge in [0.15, 0.2) is 11.0 Å². The van der Waals surface area contributed by atoms with Crippen molar-refractivity contribution in [3.63, 3.8) is 0 Å². The summed E-state index contributed by atoms with van der Waals surface area (Å²) in [6, 6.07) is 11.1. The summed E-state index contributed by atoms with van der Waals surface area (Å²) in [6.45, 7) is 5.09. The van der Waals surface area contributed by atoms with Crippen molar-refractivity contribution >= 4 is 29.3 Å². The van der Waals surface area contributed by atoms with Crippen molar-refractivity contribution in [1.82, 2.24) is 20.1 Å². The van der Waals surface area contributed by atoms with Crippen LogP contribution in [0.4, 0.5) is 0 Å². The van der Waals surface area contributed by atoms with Crippen molar-refractivity contribution in [3.8, 4) is 11.4 Å². The van der Waals surface area contributed by atoms with Crippen molar-refractivity contribution in [1.29, 1.82) is 0 Å². The lowest BCUT2D eigenvalue weighted by atomic mass is 10.2. The van der Waals surface area contributed by atoms with E-state index in [-0.39, 0.29) is 11.2 Å². The number of thioether (sulfide) groups is 1. The standard InChI is InChI=1S/C19H21ClN4O2S/c1-3-10-24-17(14-6-8-15(20)9-7-14)22-23-19(24)27-13(2)18(25)21-12-16-5-4-11-26-16/h4-9,11,13H,3,10,12H2,1-2H3,(H,21,25)/t13-/m1/s1. The highest BCUT2D eigenvalue weighted by molar-refractivity contribution is 8.00. The molecule has 0 aliphatic carbocycles. The van der Waals surface area contributed by atoms with Crippen LogP contribution in [0, 0.1) is 0 Å². The minimum Gasteiger partial charge on any atom is -0.467 e. The van der Waals surface area contributed by atoms with Crippen LogP contribution < -0.4 is 5.32 Å². The largest absolute Gasteiger partial charge is 0.467 e. The van der Waals surface area contributed by atoms with Crippen LogP contribution in [0.15, 0.2) is 52.2 Å². The predicted octanol–water partition coefficient (Wildman–Crippen LogP) is 4.40. The van der Waals surface area contributed by atoms with Crippen LogP contribution in [-0.4, -0.2) is 25.9 Å². The number of aromatic nitrogens is 3. The molecule has 6 nitrogen and oxygen atoms in total. The number of nitrogens with zero attached hydrogens (tertiary/aromatic N) is 3. The van der Waals surface area contributed by atoms with Crippen molar-refractivity contribution in [2.75, 3.05) is 0 Å². The number of halogens is 1. The van der Waals surface area contributed by atoms with E-state index in [9.17, 15) is 4.79 Å². The summed E-state index contributed by atoms with van der Waals surface area (Å²) in [7, 11) is 0. The molecule has 3 rings (SSSR count). The smallest absolute Gasteiger partial charge is 0.233 e. The summed E-state index contributed by atoms with van der Waals surface area (Å²) in [4.78, 5) is 12.4. The van der Waals surface area contributed by atoms with Crippen LogP contribution in [0.2, 0.25) is 5.02 Å². The van der Waals surface area contributed by atoms with Gasteiger partial charge in [-0.3, -0.25) is 4.79 Å². The molecule has 2 aromatic heterocycles. The SMILES string of the molecule is CCCn1c(S[C@H](C)C(=O)NCc2ccco2)nnc1-c1ccc(Cl)cc1. The summed E-state index contributed by atoms with van der Waals surface area (Å²) in [5.74, 6) is 1.43. The molecular formula is C19H21ClN4O2S. The van der Waals surface area contributed by atoms with Gasteiger partial charge in [0, 0.05) is 17.1 Å². The molecule has 0 saturated carbocycles. The summed E-state index contributed by atoms with van der Waals surface area (Å²) in [5, 5.41) is 12.6. The van der Waals surface area contributed by atoms with Gasteiger partial charge in [-0.2, -0.15) is 0 Å². The van der Waals surface area contributed by atoms with Gasteiger partial charge in [0.25, 0.3) is 0 Å². The molecule has 27 heavy (non-hydrogen) atoms. The molecule has 0 bridgehead atoms. The zero-order chi connectivity index (χ0) is 19.2. The second-order valence-corrected chi connectivity index (χ2v) is 7.77. The van der Waals surface area contributed by atoms with E-state index < -0.39 is 0 Å². The Morgan fingerprint density at radius 1 is 1.30 bits per heavy atom. The Balaban J connectivity index is 1.71. The first-order valence-corrected chi connectivity index (χ1v) is 10.00. The fourth-order valence-corrected chi connectivity index (χ4v) is 3.58. The maximum absolute atomic E-state index is 12.4. The van der Waals surface area contributed by atoms with E-state index in [1.807, 2.05) is 41.8 Å². The lowest BCUT2D eigenvalue weighted by Crippen LogP contribution is -2.30. The number of benzene rings is 1. The fourth-order valence-electron chi connectivity index (χ4n) is 2.56. The topological polar surface area (TPSA) is 73.0 Å². The second-order valence-electron chi connectivity index (χ2n) is 6.02. The Bertz CT molecular complexity index is 878. The maximum atomic E-state index is 12.4. The van der Waals surface area contributed by atoms with Crippen LogP contribution in [0.5, 0.6) is 0 Å². The summed E-state index contributed by atoms with van der Waals surface area (Å²) < 4.78 is 7.28. The number of amides is 1. The maximum Gasteiger partial charge on any atom is 0.233 e. The molecule has 142 valence electrons. The van der Waals surface area contributed by atoms with Crippen molar-refractivity contribution < 1.29 is 9.21 Å². The third-order valence-corrected chi connectivity index (χ3v) is 5.27. The van der Waals surface area contributed by atoms with Gasteiger partial charge in [-0.05, 0) is 49.7 Å². The van der Waals surface area contributed by atoms with E-state index in [1.54, 1.807) is 12.3 Å². The third-order valence-electron chi connectivity index (χ3n) is 3.93. The minimum absolute atomic E-state index is 0.0736. The van der Waals surface area contributed by atoms with Crippen molar-refractivity contribution in [2.45, 2.75) is 43.8 Å². The first kappa shape index (κ1) is 19.5. The van der Waals surface area contributed by atoms with E-state index in [1.165, 1.54) is 11.8 Å². The van der Waals surface area contributed by atoms with Crippen LogP contribution in [0.3, 0.4) is 0 Å². The van der Waals surface area contributed by atoms with Gasteiger partial charge in [-0.1, -0.05) is 30.3 Å². The van der Waals surface area contributed by atoms with E-state index in [4.69, 9.17) is 16.0 Å². The van der Waals surface area contributed by atoms with E-state index in [0.29, 0.717) is 11.6 Å². The molecule has 1 aromatic carbocycles. The Kier molecular flexibility index (Phi) is 6.58. The number of furan rings is 1. The Morgan fingerprint density at radius 3 is 2.74 bits per heavy atom. The zero-order valence-corrected chi connectivity index (χ0v) is 16.8. The van der Waals surface area contributed by atoms with Gasteiger partial charge < -0.3 is 14.3 Å². The molecule has 0 aliphatic rings. The number of carbonyl (C=O) groups excluding carboxylic acids is 1. The summed E-state index contributed by atoms with van der Waals surface area (Å²) in [5.41, 5.74) is 0.946. The number of hydrogen-bond acceptors (Lipinski definition) is 5. The second kappa shape index (κ2) is 9.10. The first-order chi connectivity index (χ1) is 13.1. The number of rotatable bonds is 8. The molecule has 1 N–H and O–H groups in total. The molecule has 0 unspecified atom stereocenters. The molecule has 0 spiro atoms. The van der Waals surface area contributed by atoms with E-state index in [0.717, 1.165) is 35.3 Å². The summed E-state index contributed by atoms with van der Waals surface area (Å²) >= 11 is 7.37. The molecule has 3 aromatic rings. The van der Waals surface area contributed by atoms with Gasteiger partial charge in [0.1, 0.15) is 5.76 Å². The molecule has 0 aliphatic heterocycles. The molecule has 2 heterocycles. The highest BCUT2D eigenvalue weighted by Gasteiger charge is 2.20. The highest BCUT2D eigenvalue weighted by Crippen LogP contribution is 2.28. The van der Waals surface area contributed by atoms with E-state index >= 15 is 0 Å². The van der Waals surface area contributed by atoms with Crippen LogP contribution in [0.25, 0.3) is 11.4 Å². The number of carbonyl (C=O) groups is 1. The van der Waals surface area contributed by atoms with Gasteiger partial charge in [-0.15, -0.1) is 10.2 Å². The van der Waals surface area contributed by atoms with Crippen molar-refractivity contribution in [2.24, 2.45) is 0 Å². The van der Waals surface area contributed by atoms with Gasteiger partial charge >= 0.3 is 0 Å². The summed E-state index contributed by atoms with van der Waals surface area (Å²) in [6.07, 6.45) is 2.52. The van der Waals surface area contributed by atoms with Gasteiger partial charge in [0.2, 0.25) is 5.91 Å². The Hall–Kier alpha value is -2.25. The predicted molar refractivity (Wildman–Crippen MR) is 107 cm³/mol. The van der Waals surface area contributed by atoms with Crippen LogP contribution in [-0.2, 0) is 17.9 Å². The Morgan fingerprint density at radius 2 is 2.07 bits per heavy atom. The zero-order valence-electron chi connectivity index (χ0n) is 15.2. The highest BCUT2D eigenvalue weighted by atomic mass is 35.5. The quantitative estimate of drug-likeness (QED) is 0.563. The molecule has 1 amide bonds. The average Bonchev–Trinajstić information content (AvgIpc) is 3.31. The first-order valence-electron chi connectivity index (χ1n) is 8.74. The minimum atomic E-state index is -0.308. The lowest BCUT2D eigenvalue weighted by molar-refractivity contribution is -0.120. The normalized spacial score (nSPS) is 12.1. The van der Waals surface area contributed by atoms with Gasteiger partial charge in [0.05, 0.1) is 18.1 Å². The monoisotopic (exact) mass is 404 g/mol. The average molecular weight is 405 g/mol. The Labute approximate surface area is 167 Å². The number of nitrogens with one attached hydrogen (secondary N) is 1. The number of hydrogen-bond donors (Lipinski definition) is 1. The van der Waals surface area contributed by atoms with E-state index in [2.05, 4.69) is 22.4 Å². The third kappa shape index (κ3) is 4.93. The lowest BCUT2D eigenvalue weighted by Gasteiger charge is -2.13. The molecule has 1 atom stereocenters. The van der Waals surface area contributed by atoms with Gasteiger partial charge in [-0.25, -0.2) is 0 Å². The van der Waals surface area contributed by atoms with Crippen LogP contribution >= 0.6 is 23.4 Å². The molecular weight excluding hydrogens is 384 g/mol. The molecule has 8 heteroatoms. The molecule has 0 radical (unpaired) electrons.